The minimum Gasteiger partial charge on any atom is -0.391 e. The smallest absolute Gasteiger partial charge is 0.237 e. The van der Waals surface area contributed by atoms with Gasteiger partial charge in [0.15, 0.2) is 0 Å². The van der Waals surface area contributed by atoms with Gasteiger partial charge in [-0.05, 0) is 18.8 Å². The van der Waals surface area contributed by atoms with Crippen LogP contribution < -0.4 is 16.8 Å². The number of aliphatic hydroxyl groups excluding tert-OH is 1. The van der Waals surface area contributed by atoms with E-state index >= 15 is 0 Å². The van der Waals surface area contributed by atoms with Crippen LogP contribution in [0.15, 0.2) is 0 Å². The van der Waals surface area contributed by atoms with Crippen LogP contribution in [0.2, 0.25) is 0 Å². The summed E-state index contributed by atoms with van der Waals surface area (Å²) in [5.41, 5.74) is 10.4. The van der Waals surface area contributed by atoms with Crippen molar-refractivity contribution in [2.24, 2.45) is 17.4 Å². The molecule has 1 rings (SSSR count). The van der Waals surface area contributed by atoms with E-state index in [0.29, 0.717) is 0 Å². The molecule has 1 aliphatic rings. The maximum absolute atomic E-state index is 12.2. The quantitative estimate of drug-likeness (QED) is 0.354. The number of primary amides is 1. The summed E-state index contributed by atoms with van der Waals surface area (Å²) in [4.78, 5) is 32.3. The van der Waals surface area contributed by atoms with Crippen LogP contribution in [0.5, 0.6) is 0 Å². The third-order valence-electron chi connectivity index (χ3n) is 4.03. The van der Waals surface area contributed by atoms with Crippen molar-refractivity contribution in [2.75, 3.05) is 18.9 Å². The average molecular weight is 349 g/mol. The van der Waals surface area contributed by atoms with E-state index in [0.717, 1.165) is 25.7 Å². The Hall–Kier alpha value is -0.950. The molecule has 0 bridgehead atoms. The molecule has 0 saturated heterocycles. The van der Waals surface area contributed by atoms with Crippen molar-refractivity contribution in [3.8, 4) is 0 Å². The van der Waals surface area contributed by atoms with Crippen LogP contribution in [-0.4, -0.2) is 52.8 Å². The lowest BCUT2D eigenvalue weighted by molar-refractivity contribution is -0.126. The first kappa shape index (κ1) is 20.1. The number of hydrogen-bond donors (Lipinski definition) is 5. The van der Waals surface area contributed by atoms with Gasteiger partial charge in [-0.1, -0.05) is 19.3 Å². The SMILES string of the molecule is NC(=O)C[C@H](N)C(=O)NC[C@@H](O)CP(=O)(O)CC1CCCCC1. The summed E-state index contributed by atoms with van der Waals surface area (Å²) in [5.74, 6) is -1.08. The molecule has 134 valence electrons. The summed E-state index contributed by atoms with van der Waals surface area (Å²) < 4.78 is 12.2. The fourth-order valence-electron chi connectivity index (χ4n) is 2.90. The Balaban J connectivity index is 2.33. The van der Waals surface area contributed by atoms with Crippen LogP contribution in [0.1, 0.15) is 38.5 Å². The lowest BCUT2D eigenvalue weighted by atomic mass is 9.91. The molecule has 3 atom stereocenters. The number of hydrogen-bond acceptors (Lipinski definition) is 5. The van der Waals surface area contributed by atoms with Gasteiger partial charge in [-0.15, -0.1) is 0 Å². The molecule has 8 nitrogen and oxygen atoms in total. The minimum atomic E-state index is -3.43. The van der Waals surface area contributed by atoms with Crippen LogP contribution in [0, 0.1) is 5.92 Å². The molecule has 23 heavy (non-hydrogen) atoms. The van der Waals surface area contributed by atoms with Gasteiger partial charge >= 0.3 is 0 Å². The molecule has 2 amide bonds. The summed E-state index contributed by atoms with van der Waals surface area (Å²) in [7, 11) is -3.43. The molecular formula is C14H28N3O5P. The summed E-state index contributed by atoms with van der Waals surface area (Å²) >= 11 is 0. The van der Waals surface area contributed by atoms with Crippen molar-refractivity contribution < 1.29 is 24.2 Å². The Labute approximate surface area is 136 Å². The Morgan fingerprint density at radius 1 is 1.26 bits per heavy atom. The number of carbonyl (C=O) groups is 2. The number of rotatable bonds is 9. The lowest BCUT2D eigenvalue weighted by Crippen LogP contribution is -2.45. The zero-order valence-corrected chi connectivity index (χ0v) is 14.2. The van der Waals surface area contributed by atoms with Crippen molar-refractivity contribution in [3.05, 3.63) is 0 Å². The van der Waals surface area contributed by atoms with Crippen LogP contribution in [0.25, 0.3) is 0 Å². The average Bonchev–Trinajstić information content (AvgIpc) is 2.43. The van der Waals surface area contributed by atoms with E-state index in [1.807, 2.05) is 0 Å². The maximum Gasteiger partial charge on any atom is 0.237 e. The fraction of sp³-hybridized carbons (Fsp3) is 0.857. The van der Waals surface area contributed by atoms with Crippen molar-refractivity contribution in [1.82, 2.24) is 5.32 Å². The second kappa shape index (κ2) is 9.37. The molecule has 0 aromatic carbocycles. The fourth-order valence-corrected chi connectivity index (χ4v) is 5.01. The third kappa shape index (κ3) is 8.46. The van der Waals surface area contributed by atoms with Gasteiger partial charge in [-0.3, -0.25) is 14.2 Å². The summed E-state index contributed by atoms with van der Waals surface area (Å²) in [6.07, 6.45) is 3.81. The topological polar surface area (TPSA) is 156 Å². The minimum absolute atomic E-state index is 0.180. The number of carbonyl (C=O) groups excluding carboxylic acids is 2. The van der Waals surface area contributed by atoms with Gasteiger partial charge in [-0.25, -0.2) is 0 Å². The molecule has 1 fully saturated rings. The summed E-state index contributed by atoms with van der Waals surface area (Å²) in [6, 6.07) is -1.08. The monoisotopic (exact) mass is 349 g/mol. The highest BCUT2D eigenvalue weighted by Gasteiger charge is 2.28. The molecule has 0 heterocycles. The predicted molar refractivity (Wildman–Crippen MR) is 86.9 cm³/mol. The van der Waals surface area contributed by atoms with Gasteiger partial charge in [0.05, 0.1) is 24.7 Å². The summed E-state index contributed by atoms with van der Waals surface area (Å²) in [6.45, 7) is -0.180. The normalized spacial score (nSPS) is 21.2. The van der Waals surface area contributed by atoms with E-state index in [-0.39, 0.29) is 31.2 Å². The van der Waals surface area contributed by atoms with E-state index in [9.17, 15) is 24.2 Å². The predicted octanol–water partition coefficient (Wildman–Crippen LogP) is -0.483. The van der Waals surface area contributed by atoms with Gasteiger partial charge in [-0.2, -0.15) is 0 Å². The second-order valence-corrected chi connectivity index (χ2v) is 8.81. The molecule has 0 radical (unpaired) electrons. The first-order valence-corrected chi connectivity index (χ1v) is 10.0. The molecule has 0 aliphatic heterocycles. The van der Waals surface area contributed by atoms with Gasteiger partial charge in [0.2, 0.25) is 19.2 Å². The van der Waals surface area contributed by atoms with Gasteiger partial charge in [0.1, 0.15) is 0 Å². The van der Waals surface area contributed by atoms with Crippen LogP contribution in [0.4, 0.5) is 0 Å². The molecule has 1 aliphatic carbocycles. The summed E-state index contributed by atoms with van der Waals surface area (Å²) in [5, 5.41) is 12.2. The Bertz CT molecular complexity index is 454. The van der Waals surface area contributed by atoms with E-state index in [2.05, 4.69) is 5.32 Å². The molecule has 9 heteroatoms. The van der Waals surface area contributed by atoms with Gasteiger partial charge in [0.25, 0.3) is 0 Å². The Kier molecular flexibility index (Phi) is 8.19. The van der Waals surface area contributed by atoms with Crippen molar-refractivity contribution >= 4 is 19.2 Å². The van der Waals surface area contributed by atoms with Crippen molar-refractivity contribution in [1.29, 1.82) is 0 Å². The molecule has 1 saturated carbocycles. The Morgan fingerprint density at radius 2 is 1.87 bits per heavy atom. The molecular weight excluding hydrogens is 321 g/mol. The van der Waals surface area contributed by atoms with Crippen LogP contribution in [-0.2, 0) is 14.2 Å². The van der Waals surface area contributed by atoms with Crippen molar-refractivity contribution in [3.63, 3.8) is 0 Å². The zero-order chi connectivity index (χ0) is 17.5. The lowest BCUT2D eigenvalue weighted by Gasteiger charge is -2.25. The van der Waals surface area contributed by atoms with E-state index in [1.54, 1.807) is 0 Å². The molecule has 0 aromatic heterocycles. The van der Waals surface area contributed by atoms with Crippen LogP contribution >= 0.6 is 7.37 Å². The molecule has 1 unspecified atom stereocenters. The number of nitrogens with one attached hydrogen (secondary N) is 1. The Morgan fingerprint density at radius 3 is 2.43 bits per heavy atom. The highest BCUT2D eigenvalue weighted by atomic mass is 31.2. The van der Waals surface area contributed by atoms with Crippen LogP contribution in [0.3, 0.4) is 0 Å². The zero-order valence-electron chi connectivity index (χ0n) is 13.3. The largest absolute Gasteiger partial charge is 0.391 e. The van der Waals surface area contributed by atoms with Gasteiger partial charge < -0.3 is 26.8 Å². The van der Waals surface area contributed by atoms with Gasteiger partial charge in [0, 0.05) is 12.7 Å². The highest BCUT2D eigenvalue weighted by Crippen LogP contribution is 2.45. The number of amides is 2. The standard InChI is InChI=1S/C14H28N3O5P/c15-12(6-13(16)19)14(20)17-7-11(18)9-23(21,22)8-10-4-2-1-3-5-10/h10-12,18H,1-9,15H2,(H2,16,19)(H,17,20)(H,21,22)/t11-,12+/m1/s1. The molecule has 0 aromatic rings. The molecule has 7 N–H and O–H groups in total. The molecule has 0 spiro atoms. The number of nitrogens with two attached hydrogens (primary N) is 2. The van der Waals surface area contributed by atoms with Crippen molar-refractivity contribution in [2.45, 2.75) is 50.7 Å². The second-order valence-electron chi connectivity index (χ2n) is 6.39. The van der Waals surface area contributed by atoms with E-state index < -0.39 is 31.3 Å². The van der Waals surface area contributed by atoms with E-state index in [4.69, 9.17) is 11.5 Å². The third-order valence-corrected chi connectivity index (χ3v) is 6.11. The number of aliphatic hydroxyl groups is 1. The maximum atomic E-state index is 12.2. The van der Waals surface area contributed by atoms with E-state index in [1.165, 1.54) is 6.42 Å². The first-order valence-electron chi connectivity index (χ1n) is 8.00. The first-order chi connectivity index (χ1) is 10.7. The highest BCUT2D eigenvalue weighted by molar-refractivity contribution is 7.58.